The molecule has 118 valence electrons. The average molecular weight is 346 g/mol. The zero-order chi connectivity index (χ0) is 16.0. The maximum Gasteiger partial charge on any atom is 0.259 e. The smallest absolute Gasteiger partial charge is 0.259 e. The minimum atomic E-state index is -0.137. The molecule has 4 rings (SSSR count). The van der Waals surface area contributed by atoms with Crippen molar-refractivity contribution in [1.29, 1.82) is 0 Å². The lowest BCUT2D eigenvalue weighted by Crippen LogP contribution is -2.15. The number of Topliss-reactive ketones (excluding diaryl/α,β-unsaturated/α-hetero) is 1. The van der Waals surface area contributed by atoms with Gasteiger partial charge in [-0.15, -0.1) is 23.1 Å². The third kappa shape index (κ3) is 2.53. The number of nitrogens with one attached hydrogen (secondary N) is 1. The van der Waals surface area contributed by atoms with Gasteiger partial charge >= 0.3 is 0 Å². The van der Waals surface area contributed by atoms with E-state index in [1.807, 2.05) is 0 Å². The molecule has 0 atom stereocenters. The van der Waals surface area contributed by atoms with E-state index in [1.54, 1.807) is 36.1 Å². The van der Waals surface area contributed by atoms with Gasteiger partial charge in [0, 0.05) is 0 Å². The van der Waals surface area contributed by atoms with Crippen LogP contribution in [-0.2, 0) is 12.8 Å². The van der Waals surface area contributed by atoms with Crippen molar-refractivity contribution < 1.29 is 9.21 Å². The van der Waals surface area contributed by atoms with Crippen LogP contribution in [0, 0.1) is 6.92 Å². The second kappa shape index (κ2) is 5.65. The molecule has 4 heterocycles. The summed E-state index contributed by atoms with van der Waals surface area (Å²) in [5.74, 6) is 1.98. The van der Waals surface area contributed by atoms with Gasteiger partial charge in [0.25, 0.3) is 5.56 Å². The molecule has 23 heavy (non-hydrogen) atoms. The number of hydrogen-bond acceptors (Lipinski definition) is 6. The topological polar surface area (TPSA) is 76.0 Å². The number of aryl methyl sites for hydroxylation is 2. The second-order valence-corrected chi connectivity index (χ2v) is 7.87. The predicted octanol–water partition coefficient (Wildman–Crippen LogP) is 3.35. The lowest BCUT2D eigenvalue weighted by molar-refractivity contribution is 0.0989. The van der Waals surface area contributed by atoms with Crippen LogP contribution in [0.4, 0.5) is 0 Å². The van der Waals surface area contributed by atoms with Crippen LogP contribution in [0.2, 0.25) is 0 Å². The van der Waals surface area contributed by atoms with Crippen LogP contribution in [0.3, 0.4) is 0 Å². The van der Waals surface area contributed by atoms with Gasteiger partial charge in [-0.1, -0.05) is 0 Å². The number of furan rings is 1. The highest BCUT2D eigenvalue weighted by Crippen LogP contribution is 2.39. The number of aromatic amines is 1. The molecule has 0 saturated carbocycles. The van der Waals surface area contributed by atoms with Crippen molar-refractivity contribution in [2.45, 2.75) is 30.4 Å². The minimum absolute atomic E-state index is 0.0707. The molecule has 0 amide bonds. The highest BCUT2D eigenvalue weighted by Gasteiger charge is 2.21. The lowest BCUT2D eigenvalue weighted by atomic mass is 10.1. The lowest BCUT2D eigenvalue weighted by Gasteiger charge is -2.09. The van der Waals surface area contributed by atoms with Crippen molar-refractivity contribution in [3.8, 4) is 0 Å². The van der Waals surface area contributed by atoms with Crippen LogP contribution in [-0.4, -0.2) is 21.5 Å². The van der Waals surface area contributed by atoms with E-state index in [-0.39, 0.29) is 17.8 Å². The first kappa shape index (κ1) is 14.7. The summed E-state index contributed by atoms with van der Waals surface area (Å²) in [6, 6.07) is 1.65. The first-order valence-corrected chi connectivity index (χ1v) is 9.18. The summed E-state index contributed by atoms with van der Waals surface area (Å²) in [5, 5.41) is 0.702. The molecule has 1 aliphatic heterocycles. The third-order valence-corrected chi connectivity index (χ3v) is 6.49. The Balaban J connectivity index is 1.73. The minimum Gasteiger partial charge on any atom is -0.469 e. The summed E-state index contributed by atoms with van der Waals surface area (Å²) in [6.07, 6.45) is 3.58. The second-order valence-electron chi connectivity index (χ2n) is 5.50. The summed E-state index contributed by atoms with van der Waals surface area (Å²) < 4.78 is 6.35. The van der Waals surface area contributed by atoms with E-state index in [4.69, 9.17) is 4.42 Å². The Hall–Kier alpha value is -1.86. The standard InChI is InChI=1S/C16H14N2O3S2/c1-8-9(4-5-21-8)11(19)7-12-17-14(20)13-10-3-2-6-22-16(10)23-15(13)18-12/h4-5H,2-3,6-7H2,1H3,(H,17,18,20). The fourth-order valence-corrected chi connectivity index (χ4v) is 5.40. The zero-order valence-corrected chi connectivity index (χ0v) is 14.1. The number of fused-ring (bicyclic) bond motifs is 3. The molecule has 0 aromatic carbocycles. The van der Waals surface area contributed by atoms with Crippen molar-refractivity contribution in [3.63, 3.8) is 0 Å². The van der Waals surface area contributed by atoms with Crippen LogP contribution in [0.5, 0.6) is 0 Å². The Morgan fingerprint density at radius 3 is 3.13 bits per heavy atom. The monoisotopic (exact) mass is 346 g/mol. The molecule has 0 aliphatic carbocycles. The third-order valence-electron chi connectivity index (χ3n) is 3.96. The van der Waals surface area contributed by atoms with E-state index in [0.29, 0.717) is 22.5 Å². The van der Waals surface area contributed by atoms with Crippen molar-refractivity contribution in [2.75, 3.05) is 5.75 Å². The van der Waals surface area contributed by atoms with Crippen molar-refractivity contribution in [2.24, 2.45) is 0 Å². The van der Waals surface area contributed by atoms with Gasteiger partial charge in [0.2, 0.25) is 0 Å². The van der Waals surface area contributed by atoms with E-state index in [0.717, 1.165) is 29.0 Å². The van der Waals surface area contributed by atoms with Crippen molar-refractivity contribution in [3.05, 3.63) is 45.4 Å². The maximum atomic E-state index is 12.4. The molecule has 3 aromatic heterocycles. The van der Waals surface area contributed by atoms with Crippen LogP contribution in [0.1, 0.15) is 33.9 Å². The molecule has 0 fully saturated rings. The Bertz CT molecular complexity index is 968. The number of thiophene rings is 1. The quantitative estimate of drug-likeness (QED) is 0.736. The largest absolute Gasteiger partial charge is 0.469 e. The van der Waals surface area contributed by atoms with Crippen LogP contribution in [0.15, 0.2) is 25.8 Å². The van der Waals surface area contributed by atoms with Gasteiger partial charge < -0.3 is 9.40 Å². The van der Waals surface area contributed by atoms with Gasteiger partial charge in [-0.3, -0.25) is 9.59 Å². The van der Waals surface area contributed by atoms with E-state index < -0.39 is 0 Å². The highest BCUT2D eigenvalue weighted by molar-refractivity contribution is 8.01. The number of hydrogen-bond donors (Lipinski definition) is 1. The summed E-state index contributed by atoms with van der Waals surface area (Å²) in [4.78, 5) is 32.8. The number of aromatic nitrogens is 2. The summed E-state index contributed by atoms with van der Waals surface area (Å²) in [5.41, 5.74) is 1.52. The number of thioether (sulfide) groups is 1. The van der Waals surface area contributed by atoms with E-state index in [9.17, 15) is 9.59 Å². The van der Waals surface area contributed by atoms with Crippen LogP contribution < -0.4 is 5.56 Å². The van der Waals surface area contributed by atoms with Gasteiger partial charge in [-0.25, -0.2) is 4.98 Å². The molecule has 1 N–H and O–H groups in total. The molecule has 3 aromatic rings. The fraction of sp³-hybridized carbons (Fsp3) is 0.312. The van der Waals surface area contributed by atoms with Crippen molar-refractivity contribution in [1.82, 2.24) is 9.97 Å². The molecule has 0 radical (unpaired) electrons. The molecular weight excluding hydrogens is 332 g/mol. The average Bonchev–Trinajstić information content (AvgIpc) is 3.10. The molecular formula is C16H14N2O3S2. The molecule has 5 nitrogen and oxygen atoms in total. The van der Waals surface area contributed by atoms with Crippen molar-refractivity contribution >= 4 is 39.1 Å². The number of carbonyl (C=O) groups excluding carboxylic acids is 1. The van der Waals surface area contributed by atoms with Gasteiger partial charge in [-0.05, 0) is 37.1 Å². The van der Waals surface area contributed by atoms with Gasteiger partial charge in [0.05, 0.1) is 27.8 Å². The number of ketones is 1. The predicted molar refractivity (Wildman–Crippen MR) is 90.8 cm³/mol. The SMILES string of the molecule is Cc1occc1C(=O)Cc1nc2sc3c(c2c(=O)[nH]1)CCCS3. The Morgan fingerprint density at radius 1 is 1.48 bits per heavy atom. The summed E-state index contributed by atoms with van der Waals surface area (Å²) in [7, 11) is 0. The van der Waals surface area contributed by atoms with Crippen LogP contribution in [0.25, 0.3) is 10.2 Å². The Kier molecular flexibility index (Phi) is 3.61. The number of H-pyrrole nitrogens is 1. The van der Waals surface area contributed by atoms with Gasteiger partial charge in [0.15, 0.2) is 5.78 Å². The normalized spacial score (nSPS) is 14.1. The molecule has 7 heteroatoms. The summed E-state index contributed by atoms with van der Waals surface area (Å²) >= 11 is 3.35. The van der Waals surface area contributed by atoms with E-state index in [2.05, 4.69) is 9.97 Å². The van der Waals surface area contributed by atoms with Gasteiger partial charge in [-0.2, -0.15) is 0 Å². The first-order chi connectivity index (χ1) is 11.1. The fourth-order valence-electron chi connectivity index (χ4n) is 2.85. The first-order valence-electron chi connectivity index (χ1n) is 7.38. The Labute approximate surface area is 140 Å². The molecule has 0 saturated heterocycles. The van der Waals surface area contributed by atoms with Crippen LogP contribution >= 0.6 is 23.1 Å². The van der Waals surface area contributed by atoms with E-state index in [1.165, 1.54) is 10.5 Å². The van der Waals surface area contributed by atoms with Gasteiger partial charge in [0.1, 0.15) is 16.4 Å². The number of nitrogens with zero attached hydrogens (tertiary/aromatic N) is 1. The molecule has 0 unspecified atom stereocenters. The number of carbonyl (C=O) groups is 1. The molecule has 0 bridgehead atoms. The highest BCUT2D eigenvalue weighted by atomic mass is 32.2. The molecule has 0 spiro atoms. The number of rotatable bonds is 3. The van der Waals surface area contributed by atoms with E-state index >= 15 is 0 Å². The maximum absolute atomic E-state index is 12.4. The summed E-state index contributed by atoms with van der Waals surface area (Å²) in [6.45, 7) is 1.75. The Morgan fingerprint density at radius 2 is 2.35 bits per heavy atom. The zero-order valence-electron chi connectivity index (χ0n) is 12.5. The molecule has 1 aliphatic rings.